The van der Waals surface area contributed by atoms with E-state index in [4.69, 9.17) is 14.2 Å². The molecule has 0 saturated carbocycles. The molecule has 0 radical (unpaired) electrons. The molecule has 0 saturated heterocycles. The molecule has 1 aromatic heterocycles. The minimum atomic E-state index is -0.498. The van der Waals surface area contributed by atoms with Gasteiger partial charge in [0.25, 0.3) is 0 Å². The van der Waals surface area contributed by atoms with E-state index < -0.39 is 5.91 Å². The Bertz CT molecular complexity index is 964. The van der Waals surface area contributed by atoms with Crippen molar-refractivity contribution in [1.29, 1.82) is 0 Å². The zero-order valence-corrected chi connectivity index (χ0v) is 16.3. The fraction of sp³-hybridized carbons (Fsp3) is 0.158. The van der Waals surface area contributed by atoms with Crippen LogP contribution in [-0.2, 0) is 0 Å². The number of hydrogen-bond acceptors (Lipinski definition) is 8. The molecule has 8 nitrogen and oxygen atoms in total. The number of carbonyl (C=O) groups excluding carboxylic acids is 1. The van der Waals surface area contributed by atoms with Crippen molar-refractivity contribution in [2.45, 2.75) is 0 Å². The summed E-state index contributed by atoms with van der Waals surface area (Å²) in [5, 5.41) is 4.58. The van der Waals surface area contributed by atoms with Gasteiger partial charge in [0.1, 0.15) is 22.3 Å². The van der Waals surface area contributed by atoms with Crippen molar-refractivity contribution in [2.24, 2.45) is 5.10 Å². The summed E-state index contributed by atoms with van der Waals surface area (Å²) >= 11 is 1.14. The number of hydrazone groups is 1. The third-order valence-electron chi connectivity index (χ3n) is 3.72. The van der Waals surface area contributed by atoms with Gasteiger partial charge in [-0.15, -0.1) is 0 Å². The van der Waals surface area contributed by atoms with Gasteiger partial charge in [-0.1, -0.05) is 0 Å². The zero-order valence-electron chi connectivity index (χ0n) is 15.5. The summed E-state index contributed by atoms with van der Waals surface area (Å²) in [6, 6.07) is 12.6. The molecule has 28 heavy (non-hydrogen) atoms. The van der Waals surface area contributed by atoms with Crippen molar-refractivity contribution in [3.8, 4) is 27.8 Å². The Kier molecular flexibility index (Phi) is 6.18. The minimum Gasteiger partial charge on any atom is -0.497 e. The lowest BCUT2D eigenvalue weighted by atomic mass is 10.2. The summed E-state index contributed by atoms with van der Waals surface area (Å²) < 4.78 is 19.6. The molecule has 0 aliphatic heterocycles. The number of amides is 1. The number of carbonyl (C=O) groups is 1. The molecule has 0 bridgehead atoms. The van der Waals surface area contributed by atoms with Gasteiger partial charge in [0.05, 0.1) is 27.5 Å². The lowest BCUT2D eigenvalue weighted by molar-refractivity contribution is 0.0946. The largest absolute Gasteiger partial charge is 0.497 e. The van der Waals surface area contributed by atoms with Crippen LogP contribution in [0.5, 0.6) is 17.2 Å². The van der Waals surface area contributed by atoms with Gasteiger partial charge in [0, 0.05) is 17.2 Å². The molecule has 144 valence electrons. The summed E-state index contributed by atoms with van der Waals surface area (Å²) in [6.07, 6.45) is 1.49. The van der Waals surface area contributed by atoms with Gasteiger partial charge in [-0.05, 0) is 47.9 Å². The van der Waals surface area contributed by atoms with Crippen LogP contribution >= 0.6 is 11.5 Å². The van der Waals surface area contributed by atoms with Gasteiger partial charge in [-0.25, -0.2) is 10.4 Å². The van der Waals surface area contributed by atoms with Crippen LogP contribution in [0.25, 0.3) is 10.6 Å². The summed E-state index contributed by atoms with van der Waals surface area (Å²) in [5.41, 5.74) is 3.98. The first kappa shape index (κ1) is 19.3. The number of rotatable bonds is 7. The highest BCUT2D eigenvalue weighted by Crippen LogP contribution is 2.24. The van der Waals surface area contributed by atoms with Crippen molar-refractivity contribution >= 4 is 23.7 Å². The van der Waals surface area contributed by atoms with Gasteiger partial charge in [0.15, 0.2) is 0 Å². The summed E-state index contributed by atoms with van der Waals surface area (Å²) in [5.74, 6) is 1.54. The van der Waals surface area contributed by atoms with Crippen molar-refractivity contribution in [3.05, 3.63) is 53.9 Å². The minimum absolute atomic E-state index is 0.0520. The topological polar surface area (TPSA) is 94.9 Å². The number of benzene rings is 2. The quantitative estimate of drug-likeness (QED) is 0.486. The van der Waals surface area contributed by atoms with E-state index in [9.17, 15) is 4.79 Å². The Morgan fingerprint density at radius 1 is 1.00 bits per heavy atom. The first-order valence-electron chi connectivity index (χ1n) is 8.17. The van der Waals surface area contributed by atoms with Gasteiger partial charge in [0.2, 0.25) is 5.82 Å². The van der Waals surface area contributed by atoms with Crippen LogP contribution in [-0.4, -0.2) is 42.8 Å². The Morgan fingerprint density at radius 3 is 2.25 bits per heavy atom. The highest BCUT2D eigenvalue weighted by atomic mass is 32.1. The lowest BCUT2D eigenvalue weighted by Gasteiger charge is -2.05. The van der Waals surface area contributed by atoms with Crippen LogP contribution in [0, 0.1) is 0 Å². The second kappa shape index (κ2) is 8.96. The molecule has 0 atom stereocenters. The number of nitrogens with one attached hydrogen (secondary N) is 1. The van der Waals surface area contributed by atoms with Gasteiger partial charge < -0.3 is 14.2 Å². The smallest absolute Gasteiger partial charge is 0.310 e. The normalized spacial score (nSPS) is 10.7. The van der Waals surface area contributed by atoms with E-state index >= 15 is 0 Å². The van der Waals surface area contributed by atoms with Gasteiger partial charge in [-0.2, -0.15) is 9.47 Å². The Labute approximate surface area is 166 Å². The van der Waals surface area contributed by atoms with Crippen LogP contribution in [0.1, 0.15) is 16.2 Å². The Morgan fingerprint density at radius 2 is 1.64 bits per heavy atom. The molecule has 0 aliphatic carbocycles. The SMILES string of the molecule is COc1ccc(-c2nc(C(=O)N/N=C/c3cc(OC)cc(OC)c3)ns2)cc1. The fourth-order valence-corrected chi connectivity index (χ4v) is 2.95. The Balaban J connectivity index is 1.67. The first-order chi connectivity index (χ1) is 13.6. The maximum atomic E-state index is 12.2. The standard InChI is InChI=1S/C19H18N4O4S/c1-25-14-6-4-13(5-7-14)19-21-17(23-28-19)18(24)22-20-11-12-8-15(26-2)10-16(9-12)27-3/h4-11H,1-3H3,(H,22,24)/b20-11+. The van der Waals surface area contributed by atoms with E-state index in [1.54, 1.807) is 39.5 Å². The van der Waals surface area contributed by atoms with Crippen LogP contribution in [0.4, 0.5) is 0 Å². The molecule has 1 heterocycles. The van der Waals surface area contributed by atoms with E-state index in [-0.39, 0.29) is 5.82 Å². The number of methoxy groups -OCH3 is 3. The second-order valence-corrected chi connectivity index (χ2v) is 6.25. The maximum absolute atomic E-state index is 12.2. The monoisotopic (exact) mass is 398 g/mol. The molecule has 9 heteroatoms. The number of hydrogen-bond donors (Lipinski definition) is 1. The molecule has 2 aromatic carbocycles. The Hall–Kier alpha value is -3.46. The predicted octanol–water partition coefficient (Wildman–Crippen LogP) is 2.99. The van der Waals surface area contributed by atoms with E-state index in [1.807, 2.05) is 24.3 Å². The number of aromatic nitrogens is 2. The van der Waals surface area contributed by atoms with Crippen molar-refractivity contribution in [3.63, 3.8) is 0 Å². The van der Waals surface area contributed by atoms with E-state index in [0.29, 0.717) is 22.1 Å². The molecular formula is C19H18N4O4S. The molecule has 0 aliphatic rings. The van der Waals surface area contributed by atoms with Gasteiger partial charge in [-0.3, -0.25) is 4.79 Å². The molecule has 0 fully saturated rings. The van der Waals surface area contributed by atoms with Crippen LogP contribution in [0.15, 0.2) is 47.6 Å². The van der Waals surface area contributed by atoms with Crippen molar-refractivity contribution in [2.75, 3.05) is 21.3 Å². The third-order valence-corrected chi connectivity index (χ3v) is 4.48. The molecule has 0 spiro atoms. The van der Waals surface area contributed by atoms with Crippen LogP contribution in [0.3, 0.4) is 0 Å². The average Bonchev–Trinajstić information content (AvgIpc) is 3.24. The third kappa shape index (κ3) is 4.63. The molecular weight excluding hydrogens is 380 g/mol. The fourth-order valence-electron chi connectivity index (χ4n) is 2.29. The summed E-state index contributed by atoms with van der Waals surface area (Å²) in [7, 11) is 4.72. The molecule has 3 aromatic rings. The lowest BCUT2D eigenvalue weighted by Crippen LogP contribution is -2.19. The second-order valence-electron chi connectivity index (χ2n) is 5.50. The van der Waals surface area contributed by atoms with Crippen molar-refractivity contribution < 1.29 is 19.0 Å². The van der Waals surface area contributed by atoms with Crippen LogP contribution < -0.4 is 19.6 Å². The number of ether oxygens (including phenoxy) is 3. The highest BCUT2D eigenvalue weighted by molar-refractivity contribution is 7.09. The van der Waals surface area contributed by atoms with Crippen LogP contribution in [0.2, 0.25) is 0 Å². The average molecular weight is 398 g/mol. The van der Waals surface area contributed by atoms with E-state index in [0.717, 1.165) is 22.8 Å². The number of nitrogens with zero attached hydrogens (tertiary/aromatic N) is 3. The summed E-state index contributed by atoms with van der Waals surface area (Å²) in [6.45, 7) is 0. The zero-order chi connectivity index (χ0) is 19.9. The molecule has 1 N–H and O–H groups in total. The predicted molar refractivity (Wildman–Crippen MR) is 107 cm³/mol. The van der Waals surface area contributed by atoms with Gasteiger partial charge >= 0.3 is 5.91 Å². The highest BCUT2D eigenvalue weighted by Gasteiger charge is 2.13. The maximum Gasteiger partial charge on any atom is 0.310 e. The summed E-state index contributed by atoms with van der Waals surface area (Å²) in [4.78, 5) is 16.5. The van der Waals surface area contributed by atoms with E-state index in [1.165, 1.54) is 6.21 Å². The molecule has 1 amide bonds. The van der Waals surface area contributed by atoms with Crippen molar-refractivity contribution in [1.82, 2.24) is 14.8 Å². The molecule has 3 rings (SSSR count). The van der Waals surface area contributed by atoms with E-state index in [2.05, 4.69) is 19.9 Å². The first-order valence-corrected chi connectivity index (χ1v) is 8.95. The molecule has 0 unspecified atom stereocenters.